The van der Waals surface area contributed by atoms with Crippen LogP contribution in [0.1, 0.15) is 30.0 Å². The van der Waals surface area contributed by atoms with Gasteiger partial charge in [0, 0.05) is 6.20 Å². The van der Waals surface area contributed by atoms with Gasteiger partial charge in [-0.1, -0.05) is 41.7 Å². The van der Waals surface area contributed by atoms with E-state index < -0.39 is 0 Å². The number of ether oxygens (including phenoxy) is 1. The fourth-order valence-corrected chi connectivity index (χ4v) is 3.24. The van der Waals surface area contributed by atoms with Crippen LogP contribution >= 0.6 is 34.8 Å². The predicted octanol–water partition coefficient (Wildman–Crippen LogP) is 5.51. The number of benzene rings is 1. The standard InChI is InChI=1S/C18H16Cl3N3O2/c1-3-13-16(24-7-5-6-15(26-4-2)17(24)22-13)18(25)23-14-9-11(20)10(19)8-12(14)21/h5-9H,3-4H2,1-2H3,(H,23,25). The molecule has 3 aromatic rings. The Morgan fingerprint density at radius 2 is 1.92 bits per heavy atom. The van der Waals surface area contributed by atoms with Gasteiger partial charge in [-0.15, -0.1) is 0 Å². The number of amides is 1. The van der Waals surface area contributed by atoms with Gasteiger partial charge in [0.05, 0.1) is 33.1 Å². The molecular weight excluding hydrogens is 397 g/mol. The molecule has 1 amide bonds. The molecule has 3 rings (SSSR count). The summed E-state index contributed by atoms with van der Waals surface area (Å²) in [6, 6.07) is 6.64. The second-order valence-electron chi connectivity index (χ2n) is 5.46. The van der Waals surface area contributed by atoms with Crippen LogP contribution in [0, 0.1) is 0 Å². The molecule has 0 saturated heterocycles. The highest BCUT2D eigenvalue weighted by molar-refractivity contribution is 6.44. The molecule has 8 heteroatoms. The van der Waals surface area contributed by atoms with E-state index >= 15 is 0 Å². The summed E-state index contributed by atoms with van der Waals surface area (Å²) in [5.74, 6) is 0.277. The zero-order valence-corrected chi connectivity index (χ0v) is 16.4. The number of anilines is 1. The van der Waals surface area contributed by atoms with Crippen molar-refractivity contribution in [3.8, 4) is 5.75 Å². The van der Waals surface area contributed by atoms with Crippen molar-refractivity contribution in [1.82, 2.24) is 9.38 Å². The summed E-state index contributed by atoms with van der Waals surface area (Å²) in [5.41, 5.74) is 2.05. The Balaban J connectivity index is 2.05. The number of nitrogens with one attached hydrogen (secondary N) is 1. The van der Waals surface area contributed by atoms with E-state index in [2.05, 4.69) is 10.3 Å². The van der Waals surface area contributed by atoms with Crippen molar-refractivity contribution < 1.29 is 9.53 Å². The second kappa shape index (κ2) is 7.74. The number of rotatable bonds is 5. The molecule has 1 aromatic carbocycles. The third-order valence-corrected chi connectivity index (χ3v) is 4.83. The van der Waals surface area contributed by atoms with Crippen LogP contribution in [0.15, 0.2) is 30.5 Å². The van der Waals surface area contributed by atoms with Gasteiger partial charge in [-0.3, -0.25) is 9.20 Å². The van der Waals surface area contributed by atoms with Gasteiger partial charge in [-0.25, -0.2) is 4.98 Å². The van der Waals surface area contributed by atoms with Gasteiger partial charge >= 0.3 is 0 Å². The van der Waals surface area contributed by atoms with Crippen LogP contribution in [0.5, 0.6) is 5.75 Å². The number of aryl methyl sites for hydroxylation is 1. The molecule has 0 unspecified atom stereocenters. The van der Waals surface area contributed by atoms with Crippen molar-refractivity contribution in [2.24, 2.45) is 0 Å². The van der Waals surface area contributed by atoms with E-state index in [0.717, 1.165) is 0 Å². The van der Waals surface area contributed by atoms with E-state index in [1.807, 2.05) is 26.0 Å². The van der Waals surface area contributed by atoms with Crippen LogP contribution in [0.4, 0.5) is 5.69 Å². The highest BCUT2D eigenvalue weighted by Crippen LogP contribution is 2.33. The summed E-state index contributed by atoms with van der Waals surface area (Å²) in [4.78, 5) is 17.5. The number of nitrogens with zero attached hydrogens (tertiary/aromatic N) is 2. The molecule has 0 aliphatic carbocycles. The van der Waals surface area contributed by atoms with E-state index in [1.165, 1.54) is 12.1 Å². The van der Waals surface area contributed by atoms with Gasteiger partial charge in [0.25, 0.3) is 5.91 Å². The largest absolute Gasteiger partial charge is 0.490 e. The van der Waals surface area contributed by atoms with Crippen molar-refractivity contribution in [3.05, 3.63) is 56.9 Å². The Morgan fingerprint density at radius 1 is 1.19 bits per heavy atom. The molecule has 0 aliphatic rings. The molecule has 0 aliphatic heterocycles. The van der Waals surface area contributed by atoms with Crippen molar-refractivity contribution in [2.45, 2.75) is 20.3 Å². The Bertz CT molecular complexity index is 985. The van der Waals surface area contributed by atoms with Crippen LogP contribution in [0.25, 0.3) is 5.65 Å². The fourth-order valence-electron chi connectivity index (χ4n) is 2.64. The molecule has 0 atom stereocenters. The van der Waals surface area contributed by atoms with Crippen LogP contribution in [0.3, 0.4) is 0 Å². The lowest BCUT2D eigenvalue weighted by Crippen LogP contribution is -2.16. The van der Waals surface area contributed by atoms with Gasteiger partial charge in [-0.2, -0.15) is 0 Å². The van der Waals surface area contributed by atoms with Gasteiger partial charge in [0.15, 0.2) is 11.4 Å². The van der Waals surface area contributed by atoms with Crippen LogP contribution in [0.2, 0.25) is 15.1 Å². The van der Waals surface area contributed by atoms with Gasteiger partial charge < -0.3 is 10.1 Å². The van der Waals surface area contributed by atoms with Gasteiger partial charge in [0.1, 0.15) is 5.69 Å². The van der Waals surface area contributed by atoms with E-state index in [-0.39, 0.29) is 5.91 Å². The number of aromatic nitrogens is 2. The lowest BCUT2D eigenvalue weighted by molar-refractivity contribution is 0.102. The first-order chi connectivity index (χ1) is 12.5. The number of hydrogen-bond acceptors (Lipinski definition) is 3. The summed E-state index contributed by atoms with van der Waals surface area (Å²) in [6.07, 6.45) is 2.36. The number of halogens is 3. The summed E-state index contributed by atoms with van der Waals surface area (Å²) >= 11 is 18.1. The Hall–Kier alpha value is -1.95. The van der Waals surface area contributed by atoms with Gasteiger partial charge in [-0.05, 0) is 37.6 Å². The van der Waals surface area contributed by atoms with E-state index in [4.69, 9.17) is 39.5 Å². The monoisotopic (exact) mass is 411 g/mol. The average molecular weight is 413 g/mol. The summed E-state index contributed by atoms with van der Waals surface area (Å²) in [6.45, 7) is 4.34. The molecule has 0 bridgehead atoms. The van der Waals surface area contributed by atoms with Crippen molar-refractivity contribution in [2.75, 3.05) is 11.9 Å². The minimum absolute atomic E-state index is 0.301. The Kier molecular flexibility index (Phi) is 5.61. The van der Waals surface area contributed by atoms with Crippen molar-refractivity contribution >= 4 is 52.0 Å². The third-order valence-electron chi connectivity index (χ3n) is 3.79. The summed E-state index contributed by atoms with van der Waals surface area (Å²) in [7, 11) is 0. The maximum atomic E-state index is 12.9. The first kappa shape index (κ1) is 18.8. The van der Waals surface area contributed by atoms with Crippen LogP contribution in [-0.4, -0.2) is 21.9 Å². The number of imidazole rings is 1. The van der Waals surface area contributed by atoms with E-state index in [0.29, 0.717) is 56.6 Å². The smallest absolute Gasteiger partial charge is 0.274 e. The lowest BCUT2D eigenvalue weighted by Gasteiger charge is -2.10. The summed E-state index contributed by atoms with van der Waals surface area (Å²) < 4.78 is 7.32. The normalized spacial score (nSPS) is 11.0. The molecule has 2 aromatic heterocycles. The molecule has 2 heterocycles. The predicted molar refractivity (Wildman–Crippen MR) is 105 cm³/mol. The topological polar surface area (TPSA) is 55.6 Å². The molecule has 0 fully saturated rings. The second-order valence-corrected chi connectivity index (χ2v) is 6.68. The van der Waals surface area contributed by atoms with Crippen molar-refractivity contribution in [1.29, 1.82) is 0 Å². The molecular formula is C18H16Cl3N3O2. The quantitative estimate of drug-likeness (QED) is 0.562. The van der Waals surface area contributed by atoms with E-state index in [1.54, 1.807) is 10.6 Å². The zero-order chi connectivity index (χ0) is 18.8. The number of carbonyl (C=O) groups is 1. The van der Waals surface area contributed by atoms with Gasteiger partial charge in [0.2, 0.25) is 0 Å². The molecule has 136 valence electrons. The average Bonchev–Trinajstić information content (AvgIpc) is 2.99. The van der Waals surface area contributed by atoms with Crippen molar-refractivity contribution in [3.63, 3.8) is 0 Å². The number of pyridine rings is 1. The first-order valence-electron chi connectivity index (χ1n) is 8.04. The number of fused-ring (bicyclic) bond motifs is 1. The lowest BCUT2D eigenvalue weighted by atomic mass is 10.2. The Labute approximate surface area is 165 Å². The molecule has 0 spiro atoms. The molecule has 26 heavy (non-hydrogen) atoms. The first-order valence-corrected chi connectivity index (χ1v) is 9.18. The minimum Gasteiger partial charge on any atom is -0.490 e. The number of carbonyl (C=O) groups excluding carboxylic acids is 1. The highest BCUT2D eigenvalue weighted by Gasteiger charge is 2.21. The summed E-state index contributed by atoms with van der Waals surface area (Å²) in [5, 5.41) is 3.71. The molecule has 0 radical (unpaired) electrons. The SMILES string of the molecule is CCOc1cccn2c(C(=O)Nc3cc(Cl)c(Cl)cc3Cl)c(CC)nc12. The molecule has 5 nitrogen and oxygen atoms in total. The van der Waals surface area contributed by atoms with E-state index in [9.17, 15) is 4.79 Å². The van der Waals surface area contributed by atoms with Crippen LogP contribution < -0.4 is 10.1 Å². The highest BCUT2D eigenvalue weighted by atomic mass is 35.5. The maximum absolute atomic E-state index is 12.9. The zero-order valence-electron chi connectivity index (χ0n) is 14.1. The maximum Gasteiger partial charge on any atom is 0.274 e. The molecule has 1 N–H and O–H groups in total. The molecule has 0 saturated carbocycles. The Morgan fingerprint density at radius 3 is 2.62 bits per heavy atom. The third kappa shape index (κ3) is 3.47. The minimum atomic E-state index is -0.344. The fraction of sp³-hybridized carbons (Fsp3) is 0.222. The number of hydrogen-bond donors (Lipinski definition) is 1. The van der Waals surface area contributed by atoms with Crippen LogP contribution in [-0.2, 0) is 6.42 Å².